The van der Waals surface area contributed by atoms with Crippen LogP contribution in [0.4, 0.5) is 11.1 Å². The number of aromatic nitrogens is 2. The molecule has 0 spiro atoms. The number of fused-ring (bicyclic) bond motifs is 2. The summed E-state index contributed by atoms with van der Waals surface area (Å²) in [5.41, 5.74) is 4.85. The average Bonchev–Trinajstić information content (AvgIpc) is 3.06. The second-order valence-corrected chi connectivity index (χ2v) is 6.60. The Bertz CT molecular complexity index is 1010. The molecule has 0 unspecified atom stereocenters. The van der Waals surface area contributed by atoms with E-state index in [0.29, 0.717) is 11.0 Å². The molecule has 2 aromatic heterocycles. The number of anilines is 2. The molecule has 0 aliphatic heterocycles. The fourth-order valence-electron chi connectivity index (χ4n) is 2.32. The molecule has 1 N–H and O–H groups in total. The van der Waals surface area contributed by atoms with Crippen LogP contribution in [0.15, 0.2) is 34.7 Å². The largest absolute Gasteiger partial charge is 0.423 e. The van der Waals surface area contributed by atoms with Gasteiger partial charge in [0.15, 0.2) is 10.7 Å². The van der Waals surface area contributed by atoms with E-state index in [1.807, 2.05) is 37.3 Å². The molecule has 0 fully saturated rings. The van der Waals surface area contributed by atoms with Gasteiger partial charge in [-0.05, 0) is 49.2 Å². The molecule has 0 bridgehead atoms. The summed E-state index contributed by atoms with van der Waals surface area (Å²) in [6, 6.07) is 10.1. The molecule has 0 saturated carbocycles. The normalized spacial score (nSPS) is 11.4. The number of nitrogens with zero attached hydrogens (tertiary/aromatic N) is 2. The van der Waals surface area contributed by atoms with Crippen LogP contribution in [0.3, 0.4) is 0 Å². The zero-order valence-electron chi connectivity index (χ0n) is 12.0. The first-order valence-electron chi connectivity index (χ1n) is 6.80. The third kappa shape index (κ3) is 2.23. The fraction of sp³-hybridized carbons (Fsp3) is 0.125. The van der Waals surface area contributed by atoms with Gasteiger partial charge in [0, 0.05) is 5.02 Å². The maximum atomic E-state index is 6.00. The molecule has 22 heavy (non-hydrogen) atoms. The van der Waals surface area contributed by atoms with Crippen LogP contribution in [0.5, 0.6) is 0 Å². The Morgan fingerprint density at radius 2 is 1.91 bits per heavy atom. The van der Waals surface area contributed by atoms with E-state index in [2.05, 4.69) is 22.2 Å². The number of hydrogen-bond donors (Lipinski definition) is 1. The van der Waals surface area contributed by atoms with E-state index in [1.165, 1.54) is 16.9 Å². The van der Waals surface area contributed by atoms with Gasteiger partial charge >= 0.3 is 6.01 Å². The van der Waals surface area contributed by atoms with Gasteiger partial charge in [0.25, 0.3) is 0 Å². The maximum absolute atomic E-state index is 6.00. The number of nitrogens with one attached hydrogen (secondary N) is 1. The summed E-state index contributed by atoms with van der Waals surface area (Å²) in [7, 11) is 0. The molecular weight excluding hydrogens is 318 g/mol. The highest BCUT2D eigenvalue weighted by Gasteiger charge is 2.11. The summed E-state index contributed by atoms with van der Waals surface area (Å²) in [4.78, 5) is 8.97. The van der Waals surface area contributed by atoms with E-state index < -0.39 is 0 Å². The lowest BCUT2D eigenvalue weighted by Crippen LogP contribution is -1.88. The predicted molar refractivity (Wildman–Crippen MR) is 91.4 cm³/mol. The highest BCUT2D eigenvalue weighted by Crippen LogP contribution is 2.31. The van der Waals surface area contributed by atoms with Crippen LogP contribution >= 0.6 is 22.9 Å². The molecule has 0 aliphatic rings. The smallest absolute Gasteiger partial charge is 0.302 e. The molecule has 2 aromatic carbocycles. The number of rotatable bonds is 2. The Morgan fingerprint density at radius 3 is 2.77 bits per heavy atom. The maximum Gasteiger partial charge on any atom is 0.302 e. The third-order valence-electron chi connectivity index (χ3n) is 3.64. The zero-order chi connectivity index (χ0) is 15.3. The SMILES string of the molecule is Cc1ccc2nc(Nc3nc4ccc(Cl)cc4s3)oc2c1C. The predicted octanol–water partition coefficient (Wildman–Crippen LogP) is 5.45. The van der Waals surface area contributed by atoms with Gasteiger partial charge in [-0.2, -0.15) is 4.98 Å². The quantitative estimate of drug-likeness (QED) is 0.531. The van der Waals surface area contributed by atoms with Crippen molar-refractivity contribution >= 4 is 55.4 Å². The van der Waals surface area contributed by atoms with Crippen molar-refractivity contribution in [1.29, 1.82) is 0 Å². The van der Waals surface area contributed by atoms with Crippen LogP contribution in [0.1, 0.15) is 11.1 Å². The molecule has 0 atom stereocenters. The molecule has 0 saturated heterocycles. The first-order valence-corrected chi connectivity index (χ1v) is 7.99. The summed E-state index contributed by atoms with van der Waals surface area (Å²) in [6.07, 6.45) is 0. The van der Waals surface area contributed by atoms with Gasteiger partial charge in [-0.1, -0.05) is 29.0 Å². The molecule has 0 radical (unpaired) electrons. The number of hydrogen-bond acceptors (Lipinski definition) is 5. The lowest BCUT2D eigenvalue weighted by molar-refractivity contribution is 0.620. The van der Waals surface area contributed by atoms with E-state index in [4.69, 9.17) is 16.0 Å². The topological polar surface area (TPSA) is 51.0 Å². The van der Waals surface area contributed by atoms with Crippen molar-refractivity contribution in [2.24, 2.45) is 0 Å². The van der Waals surface area contributed by atoms with Gasteiger partial charge in [-0.25, -0.2) is 4.98 Å². The molecule has 0 amide bonds. The van der Waals surface area contributed by atoms with Crippen molar-refractivity contribution in [3.8, 4) is 0 Å². The van der Waals surface area contributed by atoms with Gasteiger partial charge in [-0.3, -0.25) is 5.32 Å². The lowest BCUT2D eigenvalue weighted by Gasteiger charge is -1.97. The van der Waals surface area contributed by atoms with Crippen molar-refractivity contribution in [3.63, 3.8) is 0 Å². The minimum Gasteiger partial charge on any atom is -0.423 e. The second-order valence-electron chi connectivity index (χ2n) is 5.13. The second kappa shape index (κ2) is 4.97. The molecule has 110 valence electrons. The number of oxazole rings is 1. The van der Waals surface area contributed by atoms with Crippen molar-refractivity contribution in [2.75, 3.05) is 5.32 Å². The number of benzene rings is 2. The monoisotopic (exact) mass is 329 g/mol. The highest BCUT2D eigenvalue weighted by atomic mass is 35.5. The third-order valence-corrected chi connectivity index (χ3v) is 4.81. The molecule has 4 aromatic rings. The van der Waals surface area contributed by atoms with Gasteiger partial charge in [0.05, 0.1) is 10.2 Å². The van der Waals surface area contributed by atoms with Crippen LogP contribution in [0.2, 0.25) is 5.02 Å². The summed E-state index contributed by atoms with van der Waals surface area (Å²) in [6.45, 7) is 4.09. The minimum absolute atomic E-state index is 0.453. The molecule has 2 heterocycles. The van der Waals surface area contributed by atoms with Gasteiger partial charge < -0.3 is 4.42 Å². The number of aryl methyl sites for hydroxylation is 2. The Balaban J connectivity index is 1.74. The van der Waals surface area contributed by atoms with E-state index in [1.54, 1.807) is 0 Å². The van der Waals surface area contributed by atoms with Crippen LogP contribution in [0, 0.1) is 13.8 Å². The Hall–Kier alpha value is -2.11. The summed E-state index contributed by atoms with van der Waals surface area (Å²) in [5, 5.41) is 4.57. The van der Waals surface area contributed by atoms with E-state index >= 15 is 0 Å². The molecule has 4 nitrogen and oxygen atoms in total. The van der Waals surface area contributed by atoms with Crippen LogP contribution in [-0.4, -0.2) is 9.97 Å². The Kier molecular flexibility index (Phi) is 3.06. The lowest BCUT2D eigenvalue weighted by atomic mass is 10.1. The first kappa shape index (κ1) is 13.5. The van der Waals surface area contributed by atoms with Crippen LogP contribution in [0.25, 0.3) is 21.3 Å². The van der Waals surface area contributed by atoms with E-state index in [9.17, 15) is 0 Å². The first-order chi connectivity index (χ1) is 10.6. The standard InChI is InChI=1S/C16H12ClN3OS/c1-8-3-5-12-14(9(8)2)21-15(18-12)20-16-19-11-6-4-10(17)7-13(11)22-16/h3-7H,1-2H3,(H,18,19,20). The number of thiazole rings is 1. The molecular formula is C16H12ClN3OS. The molecule has 4 rings (SSSR count). The summed E-state index contributed by atoms with van der Waals surface area (Å²) < 4.78 is 6.85. The van der Waals surface area contributed by atoms with Crippen molar-refractivity contribution in [2.45, 2.75) is 13.8 Å². The van der Waals surface area contributed by atoms with E-state index in [-0.39, 0.29) is 0 Å². The van der Waals surface area contributed by atoms with Gasteiger partial charge in [0.2, 0.25) is 0 Å². The van der Waals surface area contributed by atoms with Crippen LogP contribution in [-0.2, 0) is 0 Å². The summed E-state index contributed by atoms with van der Waals surface area (Å²) >= 11 is 7.52. The highest BCUT2D eigenvalue weighted by molar-refractivity contribution is 7.22. The average molecular weight is 330 g/mol. The zero-order valence-corrected chi connectivity index (χ0v) is 13.5. The van der Waals surface area contributed by atoms with Gasteiger partial charge in [-0.15, -0.1) is 0 Å². The Morgan fingerprint density at radius 1 is 1.09 bits per heavy atom. The van der Waals surface area contributed by atoms with Crippen molar-refractivity contribution in [1.82, 2.24) is 9.97 Å². The summed E-state index contributed by atoms with van der Waals surface area (Å²) in [5.74, 6) is 0. The van der Waals surface area contributed by atoms with E-state index in [0.717, 1.165) is 32.0 Å². The Labute approximate surface area is 135 Å². The minimum atomic E-state index is 0.453. The molecule has 0 aliphatic carbocycles. The van der Waals surface area contributed by atoms with Crippen molar-refractivity contribution in [3.05, 3.63) is 46.5 Å². The van der Waals surface area contributed by atoms with Crippen LogP contribution < -0.4 is 5.32 Å². The van der Waals surface area contributed by atoms with Gasteiger partial charge in [0.1, 0.15) is 5.52 Å². The van der Waals surface area contributed by atoms with Crippen molar-refractivity contribution < 1.29 is 4.42 Å². The number of halogens is 1. The fourth-order valence-corrected chi connectivity index (χ4v) is 3.45. The molecule has 6 heteroatoms.